The van der Waals surface area contributed by atoms with E-state index in [1.807, 2.05) is 31.3 Å². The Morgan fingerprint density at radius 2 is 2.12 bits per heavy atom. The van der Waals surface area contributed by atoms with Gasteiger partial charge in [0.05, 0.1) is 5.41 Å². The summed E-state index contributed by atoms with van der Waals surface area (Å²) in [6.45, 7) is 4.23. The molecule has 3 nitrogen and oxygen atoms in total. The van der Waals surface area contributed by atoms with E-state index in [4.69, 9.17) is 5.11 Å². The molecule has 0 bridgehead atoms. The molecular weight excluding hydrogens is 282 g/mol. The first-order chi connectivity index (χ1) is 7.83. The van der Waals surface area contributed by atoms with Crippen LogP contribution in [0.25, 0.3) is 0 Å². The zero-order valence-corrected chi connectivity index (χ0v) is 12.0. The van der Waals surface area contributed by atoms with Crippen LogP contribution in [0.2, 0.25) is 0 Å². The Bertz CT molecular complexity index is 404. The van der Waals surface area contributed by atoms with Crippen LogP contribution in [0.5, 0.6) is 0 Å². The maximum Gasteiger partial charge on any atom is 0.309 e. The SMILES string of the molecule is CN(CCC(C)(C)C(=O)O)c1cccc(Br)c1. The fraction of sp³-hybridized carbons (Fsp3) is 0.462. The predicted octanol–water partition coefficient (Wildman–Crippen LogP) is 3.39. The molecule has 0 saturated carbocycles. The molecule has 0 spiro atoms. The molecule has 1 aromatic carbocycles. The molecule has 4 heteroatoms. The first-order valence-electron chi connectivity index (χ1n) is 5.53. The zero-order valence-electron chi connectivity index (χ0n) is 10.4. The van der Waals surface area contributed by atoms with Gasteiger partial charge < -0.3 is 10.0 Å². The van der Waals surface area contributed by atoms with Crippen LogP contribution in [-0.4, -0.2) is 24.7 Å². The van der Waals surface area contributed by atoms with Crippen molar-refractivity contribution in [3.63, 3.8) is 0 Å². The van der Waals surface area contributed by atoms with E-state index in [0.717, 1.165) is 16.7 Å². The molecular formula is C13H18BrNO2. The van der Waals surface area contributed by atoms with Crippen molar-refractivity contribution in [2.24, 2.45) is 5.41 Å². The second-order valence-corrected chi connectivity index (χ2v) is 5.76. The van der Waals surface area contributed by atoms with Crippen LogP contribution < -0.4 is 4.90 Å². The second kappa shape index (κ2) is 5.54. The monoisotopic (exact) mass is 299 g/mol. The molecule has 0 atom stereocenters. The summed E-state index contributed by atoms with van der Waals surface area (Å²) in [4.78, 5) is 13.1. The summed E-state index contributed by atoms with van der Waals surface area (Å²) in [5, 5.41) is 9.04. The average molecular weight is 300 g/mol. The van der Waals surface area contributed by atoms with Gasteiger partial charge in [-0.1, -0.05) is 22.0 Å². The number of halogens is 1. The maximum absolute atomic E-state index is 11.0. The van der Waals surface area contributed by atoms with Crippen molar-refractivity contribution in [2.45, 2.75) is 20.3 Å². The standard InChI is InChI=1S/C13H18BrNO2/c1-13(2,12(16)17)7-8-15(3)11-6-4-5-10(14)9-11/h4-6,9H,7-8H2,1-3H3,(H,16,17). The number of nitrogens with zero attached hydrogens (tertiary/aromatic N) is 1. The van der Waals surface area contributed by atoms with Crippen LogP contribution in [0, 0.1) is 5.41 Å². The highest BCUT2D eigenvalue weighted by Crippen LogP contribution is 2.23. The Labute approximate surface area is 111 Å². The van der Waals surface area contributed by atoms with Crippen molar-refractivity contribution < 1.29 is 9.90 Å². The van der Waals surface area contributed by atoms with Gasteiger partial charge in [-0.25, -0.2) is 0 Å². The topological polar surface area (TPSA) is 40.5 Å². The van der Waals surface area contributed by atoms with E-state index in [9.17, 15) is 4.79 Å². The van der Waals surface area contributed by atoms with Gasteiger partial charge in [-0.15, -0.1) is 0 Å². The van der Waals surface area contributed by atoms with Crippen LogP contribution in [0.4, 0.5) is 5.69 Å². The van der Waals surface area contributed by atoms with Crippen LogP contribution in [-0.2, 0) is 4.79 Å². The Hall–Kier alpha value is -1.03. The molecule has 0 aliphatic carbocycles. The molecule has 0 aromatic heterocycles. The third-order valence-electron chi connectivity index (χ3n) is 2.90. The Morgan fingerprint density at radius 3 is 2.65 bits per heavy atom. The lowest BCUT2D eigenvalue weighted by atomic mass is 9.89. The van der Waals surface area contributed by atoms with E-state index >= 15 is 0 Å². The number of anilines is 1. The summed E-state index contributed by atoms with van der Waals surface area (Å²) in [5.74, 6) is -0.750. The van der Waals surface area contributed by atoms with Crippen molar-refractivity contribution >= 4 is 27.6 Å². The minimum absolute atomic E-state index is 0.616. The van der Waals surface area contributed by atoms with Gasteiger partial charge in [0.1, 0.15) is 0 Å². The van der Waals surface area contributed by atoms with E-state index in [-0.39, 0.29) is 0 Å². The third kappa shape index (κ3) is 4.04. The molecule has 0 amide bonds. The molecule has 0 saturated heterocycles. The van der Waals surface area contributed by atoms with Crippen molar-refractivity contribution in [2.75, 3.05) is 18.5 Å². The number of aliphatic carboxylic acids is 1. The largest absolute Gasteiger partial charge is 0.481 e. The highest BCUT2D eigenvalue weighted by Gasteiger charge is 2.26. The Kier molecular flexibility index (Phi) is 4.57. The number of benzene rings is 1. The quantitative estimate of drug-likeness (QED) is 0.906. The first kappa shape index (κ1) is 14.0. The smallest absolute Gasteiger partial charge is 0.309 e. The van der Waals surface area contributed by atoms with Crippen molar-refractivity contribution in [1.29, 1.82) is 0 Å². The minimum Gasteiger partial charge on any atom is -0.481 e. The summed E-state index contributed by atoms with van der Waals surface area (Å²) in [5.41, 5.74) is 0.404. The summed E-state index contributed by atoms with van der Waals surface area (Å²) in [6, 6.07) is 7.98. The van der Waals surface area contributed by atoms with E-state index in [0.29, 0.717) is 6.42 Å². The number of hydrogen-bond acceptors (Lipinski definition) is 2. The fourth-order valence-electron chi connectivity index (χ4n) is 1.40. The Balaban J connectivity index is 2.62. The van der Waals surface area contributed by atoms with Crippen molar-refractivity contribution in [3.8, 4) is 0 Å². The summed E-state index contributed by atoms with van der Waals surface area (Å²) in [6.07, 6.45) is 0.616. The van der Waals surface area contributed by atoms with Gasteiger partial charge in [-0.3, -0.25) is 4.79 Å². The second-order valence-electron chi connectivity index (χ2n) is 4.84. The lowest BCUT2D eigenvalue weighted by Gasteiger charge is -2.25. The number of hydrogen-bond donors (Lipinski definition) is 1. The lowest BCUT2D eigenvalue weighted by molar-refractivity contribution is -0.147. The number of carbonyl (C=O) groups is 1. The minimum atomic E-state index is -0.750. The van der Waals surface area contributed by atoms with Gasteiger partial charge in [-0.05, 0) is 38.5 Å². The molecule has 1 aromatic rings. The van der Waals surface area contributed by atoms with E-state index in [2.05, 4.69) is 20.8 Å². The van der Waals surface area contributed by atoms with Gasteiger partial charge in [0.25, 0.3) is 0 Å². The van der Waals surface area contributed by atoms with Crippen molar-refractivity contribution in [1.82, 2.24) is 0 Å². The lowest BCUT2D eigenvalue weighted by Crippen LogP contribution is -2.30. The van der Waals surface area contributed by atoms with Crippen molar-refractivity contribution in [3.05, 3.63) is 28.7 Å². The van der Waals surface area contributed by atoms with Gasteiger partial charge in [0.15, 0.2) is 0 Å². The van der Waals surface area contributed by atoms with Crippen LogP contribution >= 0.6 is 15.9 Å². The number of carboxylic acid groups (broad SMARTS) is 1. The zero-order chi connectivity index (χ0) is 13.1. The van der Waals surface area contributed by atoms with Gasteiger partial charge in [-0.2, -0.15) is 0 Å². The van der Waals surface area contributed by atoms with E-state index in [1.54, 1.807) is 13.8 Å². The summed E-state index contributed by atoms with van der Waals surface area (Å²) < 4.78 is 1.03. The molecule has 0 unspecified atom stereocenters. The summed E-state index contributed by atoms with van der Waals surface area (Å²) in [7, 11) is 1.97. The third-order valence-corrected chi connectivity index (χ3v) is 3.39. The van der Waals surface area contributed by atoms with Crippen LogP contribution in [0.3, 0.4) is 0 Å². The van der Waals surface area contributed by atoms with Crippen LogP contribution in [0.1, 0.15) is 20.3 Å². The number of carboxylic acids is 1. The van der Waals surface area contributed by atoms with E-state index in [1.165, 1.54) is 0 Å². The van der Waals surface area contributed by atoms with Gasteiger partial charge in [0.2, 0.25) is 0 Å². The predicted molar refractivity (Wildman–Crippen MR) is 73.4 cm³/mol. The molecule has 0 heterocycles. The number of rotatable bonds is 5. The van der Waals surface area contributed by atoms with E-state index < -0.39 is 11.4 Å². The summed E-state index contributed by atoms with van der Waals surface area (Å²) >= 11 is 3.42. The van der Waals surface area contributed by atoms with Gasteiger partial charge >= 0.3 is 5.97 Å². The molecule has 0 aliphatic heterocycles. The molecule has 17 heavy (non-hydrogen) atoms. The average Bonchev–Trinajstić information content (AvgIpc) is 2.25. The molecule has 0 aliphatic rings. The Morgan fingerprint density at radius 1 is 1.47 bits per heavy atom. The molecule has 0 fully saturated rings. The molecule has 94 valence electrons. The van der Waals surface area contributed by atoms with Crippen LogP contribution in [0.15, 0.2) is 28.7 Å². The first-order valence-corrected chi connectivity index (χ1v) is 6.32. The molecule has 0 radical (unpaired) electrons. The highest BCUT2D eigenvalue weighted by molar-refractivity contribution is 9.10. The molecule has 1 N–H and O–H groups in total. The fourth-order valence-corrected chi connectivity index (χ4v) is 1.78. The normalized spacial score (nSPS) is 11.3. The van der Waals surface area contributed by atoms with Gasteiger partial charge in [0, 0.05) is 23.8 Å². The molecule has 1 rings (SSSR count). The maximum atomic E-state index is 11.0. The highest BCUT2D eigenvalue weighted by atomic mass is 79.9.